The fraction of sp³-hybridized carbons (Fsp3) is 0.286. The Labute approximate surface area is 122 Å². The van der Waals surface area contributed by atoms with Gasteiger partial charge in [-0.3, -0.25) is 9.89 Å². The van der Waals surface area contributed by atoms with Crippen LogP contribution in [0.25, 0.3) is 0 Å². The second-order valence-electron chi connectivity index (χ2n) is 4.57. The molecule has 0 aliphatic carbocycles. The molecule has 0 spiro atoms. The number of nitrogens with zero attached hydrogens (tertiary/aromatic N) is 1. The average molecular weight is 294 g/mol. The van der Waals surface area contributed by atoms with Gasteiger partial charge in [0.05, 0.1) is 0 Å². The zero-order chi connectivity index (χ0) is 14.7. The maximum absolute atomic E-state index is 11.8. The Hall–Kier alpha value is -2.01. The van der Waals surface area contributed by atoms with Gasteiger partial charge < -0.3 is 10.1 Å². The van der Waals surface area contributed by atoms with Crippen LogP contribution < -0.4 is 10.1 Å². The van der Waals surface area contributed by atoms with Crippen LogP contribution in [0.2, 0.25) is 5.02 Å². The molecule has 1 heterocycles. The molecule has 2 rings (SSSR count). The summed E-state index contributed by atoms with van der Waals surface area (Å²) in [5.41, 5.74) is 2.75. The third-order valence-corrected chi connectivity index (χ3v) is 3.43. The Balaban J connectivity index is 1.92. The van der Waals surface area contributed by atoms with Gasteiger partial charge >= 0.3 is 0 Å². The van der Waals surface area contributed by atoms with Gasteiger partial charge in [0.1, 0.15) is 5.75 Å². The molecule has 0 radical (unpaired) electrons. The summed E-state index contributed by atoms with van der Waals surface area (Å²) in [7, 11) is 0. The lowest BCUT2D eigenvalue weighted by Gasteiger charge is -2.07. The maximum Gasteiger partial charge on any atom is 0.263 e. The second-order valence-corrected chi connectivity index (χ2v) is 4.98. The standard InChI is InChI=1S/C14H16ClN3O2/c1-8-6-11(4-5-12(8)15)20-7-13(19)16-14-9(2)10(3)17-18-14/h4-6H,7H2,1-3H3,(H2,16,17,18,19). The maximum atomic E-state index is 11.8. The van der Waals surface area contributed by atoms with Gasteiger partial charge in [-0.25, -0.2) is 0 Å². The van der Waals surface area contributed by atoms with Crippen molar-refractivity contribution in [2.75, 3.05) is 11.9 Å². The molecule has 0 bridgehead atoms. The number of nitrogens with one attached hydrogen (secondary N) is 2. The van der Waals surface area contributed by atoms with Gasteiger partial charge in [0.25, 0.3) is 5.91 Å². The van der Waals surface area contributed by atoms with Crippen LogP contribution in [0.4, 0.5) is 5.82 Å². The number of halogens is 1. The first kappa shape index (κ1) is 14.4. The number of hydrogen-bond donors (Lipinski definition) is 2. The van der Waals surface area contributed by atoms with E-state index < -0.39 is 0 Å². The van der Waals surface area contributed by atoms with Gasteiger partial charge in [-0.15, -0.1) is 0 Å². The number of benzene rings is 1. The first-order chi connectivity index (χ1) is 9.47. The van der Waals surface area contributed by atoms with Gasteiger partial charge in [0.15, 0.2) is 12.4 Å². The number of aromatic nitrogens is 2. The molecule has 0 saturated carbocycles. The quantitative estimate of drug-likeness (QED) is 0.910. The zero-order valence-electron chi connectivity index (χ0n) is 11.6. The molecular weight excluding hydrogens is 278 g/mol. The summed E-state index contributed by atoms with van der Waals surface area (Å²) in [5.74, 6) is 0.882. The molecule has 106 valence electrons. The Morgan fingerprint density at radius 3 is 2.75 bits per heavy atom. The molecule has 1 aromatic heterocycles. The van der Waals surface area contributed by atoms with Crippen molar-refractivity contribution in [1.82, 2.24) is 10.2 Å². The van der Waals surface area contributed by atoms with E-state index in [9.17, 15) is 4.79 Å². The predicted octanol–water partition coefficient (Wildman–Crippen LogP) is 3.01. The minimum Gasteiger partial charge on any atom is -0.484 e. The van der Waals surface area contributed by atoms with Crippen LogP contribution in [0.5, 0.6) is 5.75 Å². The summed E-state index contributed by atoms with van der Waals surface area (Å²) in [6.45, 7) is 5.58. The highest BCUT2D eigenvalue weighted by Crippen LogP contribution is 2.21. The van der Waals surface area contributed by atoms with Crippen molar-refractivity contribution in [2.45, 2.75) is 20.8 Å². The van der Waals surface area contributed by atoms with Gasteiger partial charge in [-0.2, -0.15) is 5.10 Å². The normalized spacial score (nSPS) is 10.4. The SMILES string of the molecule is Cc1cc(OCC(=O)Nc2n[nH]c(C)c2C)ccc1Cl. The predicted molar refractivity (Wildman–Crippen MR) is 78.4 cm³/mol. The van der Waals surface area contributed by atoms with Gasteiger partial charge in [0, 0.05) is 16.3 Å². The molecule has 5 nitrogen and oxygen atoms in total. The van der Waals surface area contributed by atoms with Crippen molar-refractivity contribution in [1.29, 1.82) is 0 Å². The van der Waals surface area contributed by atoms with Crippen LogP contribution in [0.15, 0.2) is 18.2 Å². The highest BCUT2D eigenvalue weighted by molar-refractivity contribution is 6.31. The highest BCUT2D eigenvalue weighted by Gasteiger charge is 2.10. The van der Waals surface area contributed by atoms with E-state index in [1.54, 1.807) is 18.2 Å². The number of aromatic amines is 1. The van der Waals surface area contributed by atoms with Gasteiger partial charge in [-0.05, 0) is 44.5 Å². The molecule has 1 amide bonds. The number of H-pyrrole nitrogens is 1. The fourth-order valence-electron chi connectivity index (χ4n) is 1.63. The average Bonchev–Trinajstić information content (AvgIpc) is 2.72. The van der Waals surface area contributed by atoms with Crippen molar-refractivity contribution in [3.63, 3.8) is 0 Å². The molecule has 0 unspecified atom stereocenters. The van der Waals surface area contributed by atoms with Crippen molar-refractivity contribution >= 4 is 23.3 Å². The summed E-state index contributed by atoms with van der Waals surface area (Å²) in [6.07, 6.45) is 0. The zero-order valence-corrected chi connectivity index (χ0v) is 12.3. The minimum absolute atomic E-state index is 0.0770. The Kier molecular flexibility index (Phi) is 4.29. The molecule has 0 atom stereocenters. The molecular formula is C14H16ClN3O2. The lowest BCUT2D eigenvalue weighted by atomic mass is 10.2. The van der Waals surface area contributed by atoms with Crippen LogP contribution >= 0.6 is 11.6 Å². The van der Waals surface area contributed by atoms with Gasteiger partial charge in [-0.1, -0.05) is 11.6 Å². The molecule has 2 N–H and O–H groups in total. The van der Waals surface area contributed by atoms with Crippen LogP contribution in [0.1, 0.15) is 16.8 Å². The molecule has 2 aromatic rings. The van der Waals surface area contributed by atoms with Crippen molar-refractivity contribution < 1.29 is 9.53 Å². The number of carbonyl (C=O) groups is 1. The first-order valence-corrected chi connectivity index (χ1v) is 6.55. The number of aryl methyl sites for hydroxylation is 2. The largest absolute Gasteiger partial charge is 0.484 e. The topological polar surface area (TPSA) is 67.0 Å². The number of hydrogen-bond acceptors (Lipinski definition) is 3. The van der Waals surface area contributed by atoms with Crippen molar-refractivity contribution in [2.24, 2.45) is 0 Å². The smallest absolute Gasteiger partial charge is 0.263 e. The van der Waals surface area contributed by atoms with Gasteiger partial charge in [0.2, 0.25) is 0 Å². The summed E-state index contributed by atoms with van der Waals surface area (Å²) in [4.78, 5) is 11.8. The van der Waals surface area contributed by atoms with E-state index in [4.69, 9.17) is 16.3 Å². The number of ether oxygens (including phenoxy) is 1. The van der Waals surface area contributed by atoms with Crippen LogP contribution in [0, 0.1) is 20.8 Å². The lowest BCUT2D eigenvalue weighted by Crippen LogP contribution is -2.20. The van der Waals surface area contributed by atoms with E-state index in [1.807, 2.05) is 20.8 Å². The monoisotopic (exact) mass is 293 g/mol. The number of anilines is 1. The Morgan fingerprint density at radius 2 is 2.15 bits per heavy atom. The summed E-state index contributed by atoms with van der Waals surface area (Å²) < 4.78 is 5.41. The minimum atomic E-state index is -0.257. The molecule has 6 heteroatoms. The molecule has 0 saturated heterocycles. The number of carbonyl (C=O) groups excluding carboxylic acids is 1. The van der Waals surface area contributed by atoms with Crippen molar-refractivity contribution in [3.05, 3.63) is 40.0 Å². The Bertz CT molecular complexity index is 637. The molecule has 0 aliphatic heterocycles. The summed E-state index contributed by atoms with van der Waals surface area (Å²) >= 11 is 5.92. The van der Waals surface area contributed by atoms with Crippen LogP contribution in [-0.2, 0) is 4.79 Å². The third kappa shape index (κ3) is 3.30. The lowest BCUT2D eigenvalue weighted by molar-refractivity contribution is -0.118. The van der Waals surface area contributed by atoms with E-state index in [2.05, 4.69) is 15.5 Å². The van der Waals surface area contributed by atoms with E-state index in [0.717, 1.165) is 16.8 Å². The number of rotatable bonds is 4. The molecule has 0 aliphatic rings. The molecule has 0 fully saturated rings. The summed E-state index contributed by atoms with van der Waals surface area (Å²) in [5, 5.41) is 10.2. The first-order valence-electron chi connectivity index (χ1n) is 6.17. The van der Waals surface area contributed by atoms with E-state index in [0.29, 0.717) is 16.6 Å². The second kappa shape index (κ2) is 5.96. The summed E-state index contributed by atoms with van der Waals surface area (Å²) in [6, 6.07) is 5.26. The highest BCUT2D eigenvalue weighted by atomic mass is 35.5. The third-order valence-electron chi connectivity index (χ3n) is 3.01. The van der Waals surface area contributed by atoms with Crippen molar-refractivity contribution in [3.8, 4) is 5.75 Å². The molecule has 1 aromatic carbocycles. The number of amides is 1. The Morgan fingerprint density at radius 1 is 1.40 bits per heavy atom. The van der Waals surface area contributed by atoms with Crippen LogP contribution in [0.3, 0.4) is 0 Å². The molecule has 20 heavy (non-hydrogen) atoms. The fourth-order valence-corrected chi connectivity index (χ4v) is 1.75. The van der Waals surface area contributed by atoms with Crippen LogP contribution in [-0.4, -0.2) is 22.7 Å². The van der Waals surface area contributed by atoms with E-state index in [1.165, 1.54) is 0 Å². The van der Waals surface area contributed by atoms with E-state index >= 15 is 0 Å². The van der Waals surface area contributed by atoms with E-state index in [-0.39, 0.29) is 12.5 Å².